The largest absolute Gasteiger partial charge is 0.492 e. The van der Waals surface area contributed by atoms with Gasteiger partial charge in [0.05, 0.1) is 12.2 Å². The Labute approximate surface area is 168 Å². The molecule has 0 aliphatic carbocycles. The van der Waals surface area contributed by atoms with Crippen molar-refractivity contribution < 1.29 is 19.1 Å². The fraction of sp³-hybridized carbons (Fsp3) is 0.174. The maximum Gasteiger partial charge on any atom is 0.248 e. The number of Topliss-reactive ketones (excluding diaryl/α,β-unsaturated/α-hetero) is 1. The zero-order chi connectivity index (χ0) is 20.4. The highest BCUT2D eigenvalue weighted by molar-refractivity contribution is 6.00. The van der Waals surface area contributed by atoms with E-state index in [1.165, 1.54) is 0 Å². The number of fused-ring (bicyclic) bond motifs is 1. The van der Waals surface area contributed by atoms with Gasteiger partial charge in [0.1, 0.15) is 17.6 Å². The molecule has 1 aromatic heterocycles. The molecule has 1 aliphatic heterocycles. The van der Waals surface area contributed by atoms with E-state index >= 15 is 0 Å². The molecule has 0 spiro atoms. The summed E-state index contributed by atoms with van der Waals surface area (Å²) < 4.78 is 12.1. The smallest absolute Gasteiger partial charge is 0.248 e. The fourth-order valence-corrected chi connectivity index (χ4v) is 3.40. The highest BCUT2D eigenvalue weighted by Gasteiger charge is 2.24. The number of nitrogens with two attached hydrogens (primary N) is 1. The van der Waals surface area contributed by atoms with Crippen LogP contribution in [0, 0.1) is 6.92 Å². The summed E-state index contributed by atoms with van der Waals surface area (Å²) in [4.78, 5) is 27.6. The Kier molecular flexibility index (Phi) is 4.99. The molecule has 6 nitrogen and oxygen atoms in total. The lowest BCUT2D eigenvalue weighted by Gasteiger charge is -2.24. The van der Waals surface area contributed by atoms with Crippen molar-refractivity contribution >= 4 is 11.7 Å². The van der Waals surface area contributed by atoms with E-state index in [2.05, 4.69) is 4.98 Å². The fourth-order valence-electron chi connectivity index (χ4n) is 3.40. The number of rotatable bonds is 5. The molecule has 0 saturated heterocycles. The third kappa shape index (κ3) is 3.69. The number of hydrogen-bond donors (Lipinski definition) is 1. The SMILES string of the molecule is Cc1c(O[C@@H](c2ccncc2)c2ccc(C(N)=O)cc2)ccc2c1OCCC2=O. The second-order valence-electron chi connectivity index (χ2n) is 6.85. The first-order chi connectivity index (χ1) is 14.0. The molecule has 0 unspecified atom stereocenters. The van der Waals surface area contributed by atoms with Crippen molar-refractivity contribution in [3.05, 3.63) is 88.7 Å². The average Bonchev–Trinajstić information content (AvgIpc) is 2.74. The highest BCUT2D eigenvalue weighted by atomic mass is 16.5. The standard InChI is InChI=1S/C23H20N2O4/c1-14-20(7-6-18-19(26)10-13-28-21(14)18)29-22(16-8-11-25-12-9-16)15-2-4-17(5-3-15)23(24)27/h2-9,11-12,22H,10,13H2,1H3,(H2,24,27)/t22-/m1/s1. The molecular weight excluding hydrogens is 368 g/mol. The van der Waals surface area contributed by atoms with Gasteiger partial charge in [0, 0.05) is 29.9 Å². The van der Waals surface area contributed by atoms with Gasteiger partial charge in [0.25, 0.3) is 0 Å². The molecule has 29 heavy (non-hydrogen) atoms. The molecule has 3 aromatic rings. The molecule has 0 fully saturated rings. The Morgan fingerprint density at radius 1 is 1.07 bits per heavy atom. The third-order valence-electron chi connectivity index (χ3n) is 4.98. The van der Waals surface area contributed by atoms with Crippen LogP contribution in [0.15, 0.2) is 60.9 Å². The lowest BCUT2D eigenvalue weighted by molar-refractivity contribution is 0.0931. The predicted molar refractivity (Wildman–Crippen MR) is 107 cm³/mol. The summed E-state index contributed by atoms with van der Waals surface area (Å²) in [5, 5.41) is 0. The zero-order valence-electron chi connectivity index (χ0n) is 15.9. The molecule has 1 atom stereocenters. The van der Waals surface area contributed by atoms with Crippen LogP contribution in [0.5, 0.6) is 11.5 Å². The number of carbonyl (C=O) groups excluding carboxylic acids is 2. The van der Waals surface area contributed by atoms with E-state index in [1.807, 2.05) is 31.2 Å². The number of carbonyl (C=O) groups is 2. The normalized spacial score (nSPS) is 13.9. The Morgan fingerprint density at radius 2 is 1.76 bits per heavy atom. The first-order valence-corrected chi connectivity index (χ1v) is 9.30. The first kappa shape index (κ1) is 18.7. The summed E-state index contributed by atoms with van der Waals surface area (Å²) in [7, 11) is 0. The van der Waals surface area contributed by atoms with Gasteiger partial charge in [0.15, 0.2) is 5.78 Å². The summed E-state index contributed by atoms with van der Waals surface area (Å²) in [5.41, 5.74) is 8.91. The maximum absolute atomic E-state index is 12.1. The Balaban J connectivity index is 1.73. The Bertz CT molecular complexity index is 1060. The summed E-state index contributed by atoms with van der Waals surface area (Å²) in [6.45, 7) is 2.26. The lowest BCUT2D eigenvalue weighted by Crippen LogP contribution is -2.17. The van der Waals surface area contributed by atoms with Gasteiger partial charge in [-0.15, -0.1) is 0 Å². The number of benzene rings is 2. The number of aromatic nitrogens is 1. The van der Waals surface area contributed by atoms with Crippen molar-refractivity contribution in [2.75, 3.05) is 6.61 Å². The molecule has 1 amide bonds. The molecule has 0 bridgehead atoms. The van der Waals surface area contributed by atoms with Gasteiger partial charge in [-0.2, -0.15) is 0 Å². The van der Waals surface area contributed by atoms with Gasteiger partial charge in [-0.1, -0.05) is 12.1 Å². The topological polar surface area (TPSA) is 91.5 Å². The summed E-state index contributed by atoms with van der Waals surface area (Å²) in [5.74, 6) is 0.800. The number of ketones is 1. The van der Waals surface area contributed by atoms with E-state index in [9.17, 15) is 9.59 Å². The number of hydrogen-bond acceptors (Lipinski definition) is 5. The molecule has 1 aliphatic rings. The van der Waals surface area contributed by atoms with Crippen molar-refractivity contribution in [3.8, 4) is 11.5 Å². The number of amides is 1. The minimum Gasteiger partial charge on any atom is -0.492 e. The lowest BCUT2D eigenvalue weighted by atomic mass is 9.99. The molecule has 6 heteroatoms. The van der Waals surface area contributed by atoms with E-state index in [4.69, 9.17) is 15.2 Å². The molecule has 146 valence electrons. The minimum atomic E-state index is -0.481. The summed E-state index contributed by atoms with van der Waals surface area (Å²) in [6.07, 6.45) is 3.35. The Morgan fingerprint density at radius 3 is 2.45 bits per heavy atom. The van der Waals surface area contributed by atoms with Crippen molar-refractivity contribution in [2.45, 2.75) is 19.4 Å². The number of nitrogens with zero attached hydrogens (tertiary/aromatic N) is 1. The van der Waals surface area contributed by atoms with Crippen molar-refractivity contribution in [2.24, 2.45) is 5.73 Å². The zero-order valence-corrected chi connectivity index (χ0v) is 15.9. The number of ether oxygens (including phenoxy) is 2. The quantitative estimate of drug-likeness (QED) is 0.721. The maximum atomic E-state index is 12.1. The summed E-state index contributed by atoms with van der Waals surface area (Å²) in [6, 6.07) is 14.3. The predicted octanol–water partition coefficient (Wildman–Crippen LogP) is 3.62. The Hall–Kier alpha value is -3.67. The van der Waals surface area contributed by atoms with Gasteiger partial charge in [-0.25, -0.2) is 0 Å². The molecule has 2 aromatic carbocycles. The van der Waals surface area contributed by atoms with Crippen LogP contribution in [0.25, 0.3) is 0 Å². The molecule has 2 heterocycles. The highest BCUT2D eigenvalue weighted by Crippen LogP contribution is 2.38. The molecule has 0 saturated carbocycles. The second kappa shape index (κ2) is 7.75. The van der Waals surface area contributed by atoms with Crippen LogP contribution in [-0.4, -0.2) is 23.3 Å². The number of primary amides is 1. The third-order valence-corrected chi connectivity index (χ3v) is 4.98. The van der Waals surface area contributed by atoms with Crippen LogP contribution < -0.4 is 15.2 Å². The molecule has 4 rings (SSSR count). The van der Waals surface area contributed by atoms with Crippen LogP contribution in [0.2, 0.25) is 0 Å². The number of pyridine rings is 1. The van der Waals surface area contributed by atoms with Gasteiger partial charge in [0.2, 0.25) is 5.91 Å². The second-order valence-corrected chi connectivity index (χ2v) is 6.85. The van der Waals surface area contributed by atoms with Crippen LogP contribution in [0.3, 0.4) is 0 Å². The van der Waals surface area contributed by atoms with Crippen LogP contribution in [0.4, 0.5) is 0 Å². The van der Waals surface area contributed by atoms with Crippen LogP contribution in [-0.2, 0) is 0 Å². The van der Waals surface area contributed by atoms with Gasteiger partial charge in [-0.05, 0) is 54.4 Å². The van der Waals surface area contributed by atoms with E-state index < -0.39 is 12.0 Å². The van der Waals surface area contributed by atoms with E-state index in [0.29, 0.717) is 35.7 Å². The van der Waals surface area contributed by atoms with Gasteiger partial charge < -0.3 is 15.2 Å². The van der Waals surface area contributed by atoms with Gasteiger partial charge in [-0.3, -0.25) is 14.6 Å². The van der Waals surface area contributed by atoms with E-state index in [0.717, 1.165) is 16.7 Å². The average molecular weight is 388 g/mol. The molecule has 2 N–H and O–H groups in total. The molecule has 0 radical (unpaired) electrons. The van der Waals surface area contributed by atoms with Crippen LogP contribution in [0.1, 0.15) is 49.9 Å². The van der Waals surface area contributed by atoms with E-state index in [-0.39, 0.29) is 5.78 Å². The van der Waals surface area contributed by atoms with E-state index in [1.54, 1.807) is 36.7 Å². The van der Waals surface area contributed by atoms with Crippen LogP contribution >= 0.6 is 0 Å². The monoisotopic (exact) mass is 388 g/mol. The van der Waals surface area contributed by atoms with Crippen molar-refractivity contribution in [3.63, 3.8) is 0 Å². The van der Waals surface area contributed by atoms with Gasteiger partial charge >= 0.3 is 0 Å². The van der Waals surface area contributed by atoms with Crippen molar-refractivity contribution in [1.29, 1.82) is 0 Å². The molecular formula is C23H20N2O4. The minimum absolute atomic E-state index is 0.0774. The summed E-state index contributed by atoms with van der Waals surface area (Å²) >= 11 is 0. The van der Waals surface area contributed by atoms with Crippen molar-refractivity contribution in [1.82, 2.24) is 4.98 Å². The first-order valence-electron chi connectivity index (χ1n) is 9.30.